The Morgan fingerprint density at radius 1 is 1.19 bits per heavy atom. The van der Waals surface area contributed by atoms with Crippen molar-refractivity contribution in [3.05, 3.63) is 17.1 Å². The summed E-state index contributed by atoms with van der Waals surface area (Å²) in [5.74, 6) is 1.88. The molecule has 16 heavy (non-hydrogen) atoms. The summed E-state index contributed by atoms with van der Waals surface area (Å²) in [5.41, 5.74) is 2.31. The molecule has 0 aliphatic rings. The van der Waals surface area contributed by atoms with Crippen molar-refractivity contribution in [3.8, 4) is 0 Å². The molecule has 0 aliphatic carbocycles. The molecule has 0 spiro atoms. The first-order valence-corrected chi connectivity index (χ1v) is 5.83. The quantitative estimate of drug-likeness (QED) is 0.825. The first-order chi connectivity index (χ1) is 7.58. The van der Waals surface area contributed by atoms with E-state index in [4.69, 9.17) is 0 Å². The number of aryl methyl sites for hydroxylation is 1. The number of nitrogens with one attached hydrogen (secondary N) is 1. The van der Waals surface area contributed by atoms with E-state index in [0.717, 1.165) is 36.8 Å². The van der Waals surface area contributed by atoms with Crippen LogP contribution in [0.4, 0.5) is 5.82 Å². The monoisotopic (exact) mass is 222 g/mol. The van der Waals surface area contributed by atoms with Gasteiger partial charge >= 0.3 is 0 Å². The number of hydrogen-bond acceptors (Lipinski definition) is 4. The van der Waals surface area contributed by atoms with Gasteiger partial charge in [0.05, 0.1) is 6.54 Å². The van der Waals surface area contributed by atoms with E-state index in [-0.39, 0.29) is 0 Å². The van der Waals surface area contributed by atoms with Gasteiger partial charge in [-0.25, -0.2) is 9.97 Å². The van der Waals surface area contributed by atoms with Crippen LogP contribution < -0.4 is 5.32 Å². The molecule has 0 amide bonds. The van der Waals surface area contributed by atoms with Gasteiger partial charge in [0, 0.05) is 17.8 Å². The van der Waals surface area contributed by atoms with Crippen molar-refractivity contribution in [2.75, 3.05) is 26.0 Å². The van der Waals surface area contributed by atoms with E-state index in [1.54, 1.807) is 0 Å². The number of anilines is 1. The molecule has 0 saturated heterocycles. The zero-order chi connectivity index (χ0) is 12.1. The van der Waals surface area contributed by atoms with Crippen molar-refractivity contribution in [2.45, 2.75) is 33.7 Å². The summed E-state index contributed by atoms with van der Waals surface area (Å²) in [6, 6.07) is 0. The standard InChI is InChI=1S/C12H22N4/c1-6-10-9(3)14-11(8-16(4)5)15-12(10)13-7-2/h6-8H2,1-5H3,(H,13,14,15). The van der Waals surface area contributed by atoms with Gasteiger partial charge < -0.3 is 10.2 Å². The van der Waals surface area contributed by atoms with E-state index < -0.39 is 0 Å². The molecule has 1 rings (SSSR count). The van der Waals surface area contributed by atoms with Crippen LogP contribution in [0, 0.1) is 6.92 Å². The molecule has 0 bridgehead atoms. The lowest BCUT2D eigenvalue weighted by molar-refractivity contribution is 0.390. The Hall–Kier alpha value is -1.16. The minimum atomic E-state index is 0.781. The van der Waals surface area contributed by atoms with Gasteiger partial charge in [0.25, 0.3) is 0 Å². The highest BCUT2D eigenvalue weighted by molar-refractivity contribution is 5.46. The molecule has 0 aliphatic heterocycles. The van der Waals surface area contributed by atoms with Gasteiger partial charge in [-0.3, -0.25) is 0 Å². The highest BCUT2D eigenvalue weighted by Crippen LogP contribution is 2.17. The molecule has 0 unspecified atom stereocenters. The van der Waals surface area contributed by atoms with Gasteiger partial charge in [0.2, 0.25) is 0 Å². The van der Waals surface area contributed by atoms with Crippen LogP contribution in [0.25, 0.3) is 0 Å². The van der Waals surface area contributed by atoms with Crippen LogP contribution in [0.15, 0.2) is 0 Å². The topological polar surface area (TPSA) is 41.1 Å². The fourth-order valence-corrected chi connectivity index (χ4v) is 1.74. The third kappa shape index (κ3) is 3.17. The van der Waals surface area contributed by atoms with Crippen LogP contribution in [0.5, 0.6) is 0 Å². The van der Waals surface area contributed by atoms with Crippen molar-refractivity contribution < 1.29 is 0 Å². The first kappa shape index (κ1) is 12.9. The maximum Gasteiger partial charge on any atom is 0.144 e. The molecule has 1 N–H and O–H groups in total. The molecule has 0 radical (unpaired) electrons. The van der Waals surface area contributed by atoms with Gasteiger partial charge in [0.15, 0.2) is 0 Å². The predicted octanol–water partition coefficient (Wildman–Crippen LogP) is 1.84. The maximum atomic E-state index is 4.57. The Balaban J connectivity index is 3.06. The molecule has 0 fully saturated rings. The van der Waals surface area contributed by atoms with Crippen molar-refractivity contribution in [1.29, 1.82) is 0 Å². The second kappa shape index (κ2) is 5.80. The van der Waals surface area contributed by atoms with Gasteiger partial charge in [-0.2, -0.15) is 0 Å². The Kier molecular flexibility index (Phi) is 4.68. The van der Waals surface area contributed by atoms with Crippen LogP contribution >= 0.6 is 0 Å². The number of rotatable bonds is 5. The normalized spacial score (nSPS) is 10.9. The zero-order valence-electron chi connectivity index (χ0n) is 11.0. The summed E-state index contributed by atoms with van der Waals surface area (Å²) in [4.78, 5) is 11.2. The number of nitrogens with zero attached hydrogens (tertiary/aromatic N) is 3. The molecule has 0 atom stereocenters. The predicted molar refractivity (Wildman–Crippen MR) is 67.7 cm³/mol. The van der Waals surface area contributed by atoms with Crippen molar-refractivity contribution in [3.63, 3.8) is 0 Å². The average molecular weight is 222 g/mol. The maximum absolute atomic E-state index is 4.57. The molecule has 0 saturated carbocycles. The molecule has 1 aromatic heterocycles. The van der Waals surface area contributed by atoms with Crippen molar-refractivity contribution >= 4 is 5.82 Å². The SMILES string of the molecule is CCNc1nc(CN(C)C)nc(C)c1CC. The zero-order valence-corrected chi connectivity index (χ0v) is 11.0. The first-order valence-electron chi connectivity index (χ1n) is 5.83. The highest BCUT2D eigenvalue weighted by atomic mass is 15.1. The van der Waals surface area contributed by atoms with Crippen molar-refractivity contribution in [2.24, 2.45) is 0 Å². The molecular weight excluding hydrogens is 200 g/mol. The van der Waals surface area contributed by atoms with E-state index in [1.807, 2.05) is 14.1 Å². The van der Waals surface area contributed by atoms with E-state index >= 15 is 0 Å². The summed E-state index contributed by atoms with van der Waals surface area (Å²) in [7, 11) is 4.05. The third-order valence-corrected chi connectivity index (χ3v) is 2.42. The minimum absolute atomic E-state index is 0.781. The fraction of sp³-hybridized carbons (Fsp3) is 0.667. The van der Waals surface area contributed by atoms with Crippen LogP contribution in [0.1, 0.15) is 30.9 Å². The Bertz CT molecular complexity index is 347. The summed E-state index contributed by atoms with van der Waals surface area (Å²) in [6.07, 6.45) is 0.969. The van der Waals surface area contributed by atoms with E-state index in [2.05, 4.69) is 41.0 Å². The molecule has 1 aromatic rings. The largest absolute Gasteiger partial charge is 0.370 e. The van der Waals surface area contributed by atoms with Crippen LogP contribution in [0.2, 0.25) is 0 Å². The number of hydrogen-bond donors (Lipinski definition) is 1. The van der Waals surface area contributed by atoms with E-state index in [0.29, 0.717) is 0 Å². The van der Waals surface area contributed by atoms with Crippen LogP contribution in [0.3, 0.4) is 0 Å². The Morgan fingerprint density at radius 2 is 1.88 bits per heavy atom. The molecular formula is C12H22N4. The lowest BCUT2D eigenvalue weighted by atomic mass is 10.1. The van der Waals surface area contributed by atoms with Gasteiger partial charge in [-0.15, -0.1) is 0 Å². The van der Waals surface area contributed by atoms with Gasteiger partial charge in [-0.05, 0) is 34.4 Å². The summed E-state index contributed by atoms with van der Waals surface area (Å²) in [5, 5.41) is 3.31. The second-order valence-corrected chi connectivity index (χ2v) is 4.17. The van der Waals surface area contributed by atoms with Gasteiger partial charge in [0.1, 0.15) is 11.6 Å². The molecule has 1 heterocycles. The van der Waals surface area contributed by atoms with Crippen molar-refractivity contribution in [1.82, 2.24) is 14.9 Å². The number of aromatic nitrogens is 2. The van der Waals surface area contributed by atoms with Gasteiger partial charge in [-0.1, -0.05) is 6.92 Å². The second-order valence-electron chi connectivity index (χ2n) is 4.17. The molecule has 0 aromatic carbocycles. The third-order valence-electron chi connectivity index (χ3n) is 2.42. The summed E-state index contributed by atoms with van der Waals surface area (Å²) in [6.45, 7) is 7.95. The lowest BCUT2D eigenvalue weighted by Gasteiger charge is -2.14. The molecule has 90 valence electrons. The smallest absolute Gasteiger partial charge is 0.144 e. The average Bonchev–Trinajstić information content (AvgIpc) is 2.16. The molecule has 4 nitrogen and oxygen atoms in total. The Morgan fingerprint density at radius 3 is 2.38 bits per heavy atom. The fourth-order valence-electron chi connectivity index (χ4n) is 1.74. The Labute approximate surface area is 98.1 Å². The lowest BCUT2D eigenvalue weighted by Crippen LogP contribution is -2.16. The van der Waals surface area contributed by atoms with Crippen LogP contribution in [-0.2, 0) is 13.0 Å². The van der Waals surface area contributed by atoms with Crippen LogP contribution in [-0.4, -0.2) is 35.5 Å². The minimum Gasteiger partial charge on any atom is -0.370 e. The summed E-state index contributed by atoms with van der Waals surface area (Å²) < 4.78 is 0. The van der Waals surface area contributed by atoms with E-state index in [9.17, 15) is 0 Å². The molecule has 4 heteroatoms. The summed E-state index contributed by atoms with van der Waals surface area (Å²) >= 11 is 0. The van der Waals surface area contributed by atoms with E-state index in [1.165, 1.54) is 5.56 Å². The highest BCUT2D eigenvalue weighted by Gasteiger charge is 2.09.